The van der Waals surface area contributed by atoms with Gasteiger partial charge in [-0.3, -0.25) is 13.8 Å². The fourth-order valence-corrected chi connectivity index (χ4v) is 7.55. The maximum atomic E-state index is 12.9. The minimum atomic E-state index is -4.32. The lowest BCUT2D eigenvalue weighted by atomic mass is 10.0. The molecule has 0 spiro atoms. The number of phosphoric acid groups is 1. The lowest BCUT2D eigenvalue weighted by molar-refractivity contribution is -0.870. The minimum absolute atomic E-state index is 0.0679. The number of phosphoric ester groups is 1. The van der Waals surface area contributed by atoms with Crippen molar-refractivity contribution in [2.24, 2.45) is 0 Å². The molecule has 3 atom stereocenters. The molecule has 0 saturated heterocycles. The molecule has 0 fully saturated rings. The first-order valence-electron chi connectivity index (χ1n) is 24.8. The van der Waals surface area contributed by atoms with E-state index < -0.39 is 20.0 Å². The highest BCUT2D eigenvalue weighted by atomic mass is 31.2. The predicted molar refractivity (Wildman–Crippen MR) is 263 cm³/mol. The molecule has 9 heteroatoms. The monoisotopic (exact) mass is 876 g/mol. The zero-order valence-corrected chi connectivity index (χ0v) is 41.0. The maximum absolute atomic E-state index is 12.9. The van der Waals surface area contributed by atoms with Crippen LogP contribution in [0.3, 0.4) is 0 Å². The summed E-state index contributed by atoms with van der Waals surface area (Å²) >= 11 is 0. The largest absolute Gasteiger partial charge is 0.472 e. The zero-order chi connectivity index (χ0) is 45.0. The standard InChI is InChI=1S/C52H95N2O6P/c1-6-8-10-12-14-16-18-20-22-23-24-25-26-27-28-29-30-31-32-34-36-38-40-42-44-46-52(56)53-50(49-60-61(57,58)59-48-47-54(3,4)5)51(55)45-43-41-39-37-35-33-21-19-17-15-13-11-9-7-2/h8,10,14,16,20,22,24-25,27-28,30-31,50-51,55H,6-7,9,11-13,15,17-19,21,23,26,29,32-49H2,1-5H3,(H-,53,56,57,58)/p+1/b10-8-,16-14-,22-20-,25-24-,28-27-,31-30-. The summed E-state index contributed by atoms with van der Waals surface area (Å²) in [6.45, 7) is 4.75. The molecule has 3 N–H and O–H groups in total. The Morgan fingerprint density at radius 2 is 0.984 bits per heavy atom. The number of nitrogens with one attached hydrogen (secondary N) is 1. The molecule has 0 heterocycles. The molecule has 61 heavy (non-hydrogen) atoms. The molecule has 0 saturated carbocycles. The molecular formula is C52H96N2O6P+. The number of carbonyl (C=O) groups is 1. The molecule has 0 aliphatic heterocycles. The number of aliphatic hydroxyl groups excluding tert-OH is 1. The van der Waals surface area contributed by atoms with Crippen LogP contribution >= 0.6 is 7.82 Å². The second-order valence-corrected chi connectivity index (χ2v) is 19.3. The number of quaternary nitrogens is 1. The van der Waals surface area contributed by atoms with Crippen LogP contribution in [-0.2, 0) is 18.4 Å². The van der Waals surface area contributed by atoms with Gasteiger partial charge in [0.05, 0.1) is 39.9 Å². The first kappa shape index (κ1) is 58.9. The van der Waals surface area contributed by atoms with Crippen molar-refractivity contribution in [3.05, 3.63) is 72.9 Å². The summed E-state index contributed by atoms with van der Waals surface area (Å²) in [5.41, 5.74) is 0. The molecule has 0 bridgehead atoms. The third-order valence-electron chi connectivity index (χ3n) is 10.7. The lowest BCUT2D eigenvalue weighted by Gasteiger charge is -2.26. The van der Waals surface area contributed by atoms with Gasteiger partial charge in [0.1, 0.15) is 13.2 Å². The summed E-state index contributed by atoms with van der Waals surface area (Å²) in [5, 5.41) is 14.0. The van der Waals surface area contributed by atoms with Gasteiger partial charge in [-0.15, -0.1) is 0 Å². The van der Waals surface area contributed by atoms with Crippen LogP contribution in [0, 0.1) is 0 Å². The Morgan fingerprint density at radius 1 is 0.574 bits per heavy atom. The smallest absolute Gasteiger partial charge is 0.391 e. The van der Waals surface area contributed by atoms with Crippen LogP contribution in [-0.4, -0.2) is 73.4 Å². The van der Waals surface area contributed by atoms with E-state index in [2.05, 4.69) is 92.1 Å². The molecule has 0 rings (SSSR count). The summed E-state index contributed by atoms with van der Waals surface area (Å²) in [4.78, 5) is 23.2. The summed E-state index contributed by atoms with van der Waals surface area (Å²) in [6, 6.07) is -0.772. The zero-order valence-electron chi connectivity index (χ0n) is 40.1. The van der Waals surface area contributed by atoms with Gasteiger partial charge in [-0.05, 0) is 64.2 Å². The molecule has 354 valence electrons. The van der Waals surface area contributed by atoms with Crippen LogP contribution in [0.4, 0.5) is 0 Å². The van der Waals surface area contributed by atoms with Crippen LogP contribution in [0.2, 0.25) is 0 Å². The molecule has 0 aromatic carbocycles. The first-order chi connectivity index (χ1) is 29.5. The summed E-state index contributed by atoms with van der Waals surface area (Å²) in [5.74, 6) is -0.162. The van der Waals surface area contributed by atoms with Crippen molar-refractivity contribution in [2.75, 3.05) is 40.9 Å². The molecule has 0 aliphatic rings. The van der Waals surface area contributed by atoms with Crippen LogP contribution < -0.4 is 5.32 Å². The average molecular weight is 876 g/mol. The van der Waals surface area contributed by atoms with E-state index in [0.717, 1.165) is 89.9 Å². The van der Waals surface area contributed by atoms with E-state index in [1.807, 2.05) is 21.1 Å². The lowest BCUT2D eigenvalue weighted by Crippen LogP contribution is -2.46. The second-order valence-electron chi connectivity index (χ2n) is 17.8. The number of unbranched alkanes of at least 4 members (excludes halogenated alkanes) is 19. The van der Waals surface area contributed by atoms with E-state index in [1.165, 1.54) is 83.5 Å². The van der Waals surface area contributed by atoms with E-state index >= 15 is 0 Å². The third kappa shape index (κ3) is 45.8. The van der Waals surface area contributed by atoms with E-state index in [-0.39, 0.29) is 19.1 Å². The molecule has 3 unspecified atom stereocenters. The summed E-state index contributed by atoms with van der Waals surface area (Å²) in [7, 11) is 1.59. The number of allylic oxidation sites excluding steroid dienone is 12. The Labute approximate surface area is 376 Å². The summed E-state index contributed by atoms with van der Waals surface area (Å²) < 4.78 is 23.7. The quantitative estimate of drug-likeness (QED) is 0.0244. The van der Waals surface area contributed by atoms with E-state index in [4.69, 9.17) is 9.05 Å². The third-order valence-corrected chi connectivity index (χ3v) is 11.7. The Bertz CT molecular complexity index is 1220. The number of nitrogens with zero attached hydrogens (tertiary/aromatic N) is 1. The van der Waals surface area contributed by atoms with Crippen molar-refractivity contribution in [2.45, 2.75) is 212 Å². The van der Waals surface area contributed by atoms with Gasteiger partial charge in [-0.1, -0.05) is 202 Å². The van der Waals surface area contributed by atoms with E-state index in [9.17, 15) is 19.4 Å². The number of hydrogen-bond donors (Lipinski definition) is 3. The number of amides is 1. The molecule has 0 aromatic heterocycles. The van der Waals surface area contributed by atoms with Crippen LogP contribution in [0.15, 0.2) is 72.9 Å². The predicted octanol–water partition coefficient (Wildman–Crippen LogP) is 14.4. The van der Waals surface area contributed by atoms with Gasteiger partial charge in [0, 0.05) is 6.42 Å². The van der Waals surface area contributed by atoms with Gasteiger partial charge >= 0.3 is 7.82 Å². The molecule has 0 aromatic rings. The fourth-order valence-electron chi connectivity index (χ4n) is 6.81. The van der Waals surface area contributed by atoms with Crippen LogP contribution in [0.1, 0.15) is 200 Å². The fraction of sp³-hybridized carbons (Fsp3) is 0.750. The second kappa shape index (κ2) is 43.2. The number of hydrogen-bond acceptors (Lipinski definition) is 5. The van der Waals surface area contributed by atoms with Gasteiger partial charge in [0.25, 0.3) is 0 Å². The van der Waals surface area contributed by atoms with E-state index in [1.54, 1.807) is 0 Å². The van der Waals surface area contributed by atoms with E-state index in [0.29, 0.717) is 23.9 Å². The average Bonchev–Trinajstić information content (AvgIpc) is 3.21. The highest BCUT2D eigenvalue weighted by molar-refractivity contribution is 7.47. The maximum Gasteiger partial charge on any atom is 0.472 e. The van der Waals surface area contributed by atoms with Crippen molar-refractivity contribution in [1.82, 2.24) is 5.32 Å². The first-order valence-corrected chi connectivity index (χ1v) is 26.3. The van der Waals surface area contributed by atoms with Crippen molar-refractivity contribution >= 4 is 13.7 Å². The molecule has 8 nitrogen and oxygen atoms in total. The van der Waals surface area contributed by atoms with Gasteiger partial charge in [-0.2, -0.15) is 0 Å². The molecule has 0 radical (unpaired) electrons. The SMILES string of the molecule is CC/C=C\C/C=C\C/C=C\C/C=C\C/C=C\C/C=C\CCCCCCCCC(=O)NC(COP(=O)(O)OCC[N+](C)(C)C)C(O)CCCCCCCCCCCCCCCC. The Kier molecular flexibility index (Phi) is 41.7. The van der Waals surface area contributed by atoms with Crippen molar-refractivity contribution in [3.8, 4) is 0 Å². The van der Waals surface area contributed by atoms with Crippen LogP contribution in [0.25, 0.3) is 0 Å². The van der Waals surface area contributed by atoms with Crippen molar-refractivity contribution < 1.29 is 32.9 Å². The van der Waals surface area contributed by atoms with Gasteiger partial charge in [-0.25, -0.2) is 4.57 Å². The van der Waals surface area contributed by atoms with Crippen molar-refractivity contribution in [3.63, 3.8) is 0 Å². The van der Waals surface area contributed by atoms with Crippen molar-refractivity contribution in [1.29, 1.82) is 0 Å². The number of likely N-dealkylation sites (N-methyl/N-ethyl adjacent to an activating group) is 1. The molecule has 0 aliphatic carbocycles. The highest BCUT2D eigenvalue weighted by Crippen LogP contribution is 2.43. The van der Waals surface area contributed by atoms with Crippen LogP contribution in [0.5, 0.6) is 0 Å². The topological polar surface area (TPSA) is 105 Å². The number of rotatable bonds is 44. The molecule has 1 amide bonds. The number of carbonyl (C=O) groups excluding carboxylic acids is 1. The molecular weight excluding hydrogens is 780 g/mol. The highest BCUT2D eigenvalue weighted by Gasteiger charge is 2.28. The number of aliphatic hydroxyl groups is 1. The van der Waals surface area contributed by atoms with Gasteiger partial charge < -0.3 is 19.8 Å². The normalized spacial score (nSPS) is 14.8. The Morgan fingerprint density at radius 3 is 1.44 bits per heavy atom. The Hall–Kier alpha value is -2.06. The summed E-state index contributed by atoms with van der Waals surface area (Å²) in [6.07, 6.45) is 57.9. The Balaban J connectivity index is 4.31. The van der Waals surface area contributed by atoms with Gasteiger partial charge in [0.15, 0.2) is 0 Å². The minimum Gasteiger partial charge on any atom is -0.391 e. The van der Waals surface area contributed by atoms with Gasteiger partial charge in [0.2, 0.25) is 5.91 Å².